The number of hydrogen-bond donors (Lipinski definition) is 2. The first-order chi connectivity index (χ1) is 14.2. The molecule has 148 valence electrons. The van der Waals surface area contributed by atoms with Crippen LogP contribution in [-0.2, 0) is 11.2 Å². The number of anilines is 1. The first-order valence-electron chi connectivity index (χ1n) is 9.87. The molecule has 5 heteroatoms. The largest absolute Gasteiger partial charge is 0.493 e. The van der Waals surface area contributed by atoms with Crippen molar-refractivity contribution in [2.45, 2.75) is 25.8 Å². The van der Waals surface area contributed by atoms with Crippen LogP contribution in [-0.4, -0.2) is 18.0 Å². The lowest BCUT2D eigenvalue weighted by Crippen LogP contribution is -2.30. The Hall–Kier alpha value is -2.92. The minimum Gasteiger partial charge on any atom is -0.493 e. The molecule has 2 N–H and O–H groups in total. The van der Waals surface area contributed by atoms with Crippen LogP contribution in [0.3, 0.4) is 0 Å². The molecule has 0 unspecified atom stereocenters. The predicted octanol–water partition coefficient (Wildman–Crippen LogP) is 5.40. The number of amides is 1. The van der Waals surface area contributed by atoms with Crippen molar-refractivity contribution in [2.75, 3.05) is 11.9 Å². The summed E-state index contributed by atoms with van der Waals surface area (Å²) >= 11 is 1.49. The van der Waals surface area contributed by atoms with Crippen molar-refractivity contribution in [3.8, 4) is 5.75 Å². The van der Waals surface area contributed by atoms with Crippen molar-refractivity contribution in [3.63, 3.8) is 0 Å². The van der Waals surface area contributed by atoms with Gasteiger partial charge in [-0.05, 0) is 54.0 Å². The van der Waals surface area contributed by atoms with Crippen molar-refractivity contribution in [1.29, 1.82) is 0 Å². The number of rotatable bonds is 6. The summed E-state index contributed by atoms with van der Waals surface area (Å²) in [6.45, 7) is 4.68. The number of fused-ring (bicyclic) bond motifs is 1. The van der Waals surface area contributed by atoms with Crippen molar-refractivity contribution in [2.24, 2.45) is 0 Å². The highest BCUT2D eigenvalue weighted by Crippen LogP contribution is 2.35. The van der Waals surface area contributed by atoms with Crippen molar-refractivity contribution in [3.05, 3.63) is 76.7 Å². The molecule has 1 fully saturated rings. The lowest BCUT2D eigenvalue weighted by atomic mass is 10.0. The molecule has 0 saturated carbocycles. The number of aryl methyl sites for hydroxylation is 1. The molecule has 1 amide bonds. The molecule has 1 aliphatic heterocycles. The van der Waals surface area contributed by atoms with E-state index < -0.39 is 0 Å². The minimum absolute atomic E-state index is 0.0759. The van der Waals surface area contributed by atoms with Crippen molar-refractivity contribution >= 4 is 40.2 Å². The maximum atomic E-state index is 12.6. The highest BCUT2D eigenvalue weighted by Gasteiger charge is 2.27. The summed E-state index contributed by atoms with van der Waals surface area (Å²) in [6.07, 6.45) is 2.95. The van der Waals surface area contributed by atoms with Gasteiger partial charge in [-0.1, -0.05) is 61.2 Å². The monoisotopic (exact) mass is 404 g/mol. The lowest BCUT2D eigenvalue weighted by molar-refractivity contribution is -0.116. The average Bonchev–Trinajstić information content (AvgIpc) is 3.09. The Morgan fingerprint density at radius 1 is 1.07 bits per heavy atom. The molecule has 3 aromatic carbocycles. The van der Waals surface area contributed by atoms with E-state index >= 15 is 0 Å². The normalized spacial score (nSPS) is 17.5. The highest BCUT2D eigenvalue weighted by atomic mass is 32.2. The molecule has 4 rings (SSSR count). The molecule has 29 heavy (non-hydrogen) atoms. The van der Waals surface area contributed by atoms with Crippen LogP contribution in [0, 0.1) is 0 Å². The van der Waals surface area contributed by atoms with Crippen LogP contribution in [0.15, 0.2) is 65.6 Å². The second-order valence-corrected chi connectivity index (χ2v) is 7.95. The smallest absolute Gasteiger partial charge is 0.260 e. The van der Waals surface area contributed by atoms with E-state index in [1.54, 1.807) is 0 Å². The molecule has 1 aliphatic rings. The lowest BCUT2D eigenvalue weighted by Gasteiger charge is -2.13. The third kappa shape index (κ3) is 4.25. The maximum Gasteiger partial charge on any atom is 0.260 e. The average molecular weight is 405 g/mol. The summed E-state index contributed by atoms with van der Waals surface area (Å²) < 4.78 is 5.83. The Morgan fingerprint density at radius 3 is 2.62 bits per heavy atom. The number of hydrogen-bond acceptors (Lipinski definition) is 4. The van der Waals surface area contributed by atoms with Crippen molar-refractivity contribution in [1.82, 2.24) is 5.32 Å². The molecule has 1 saturated heterocycles. The molecule has 0 bridgehead atoms. The minimum atomic E-state index is -0.202. The van der Waals surface area contributed by atoms with Gasteiger partial charge in [0.1, 0.15) is 5.75 Å². The number of carbonyl (C=O) groups excluding carboxylic acids is 1. The fourth-order valence-electron chi connectivity index (χ4n) is 3.39. The van der Waals surface area contributed by atoms with Gasteiger partial charge in [0.05, 0.1) is 11.5 Å². The first kappa shape index (κ1) is 19.4. The Morgan fingerprint density at radius 2 is 1.86 bits per heavy atom. The molecule has 0 aromatic heterocycles. The molecule has 1 atom stereocenters. The Balaban J connectivity index is 1.61. The van der Waals surface area contributed by atoms with Gasteiger partial charge in [0.2, 0.25) is 0 Å². The molecular weight excluding hydrogens is 380 g/mol. The fourth-order valence-corrected chi connectivity index (χ4v) is 4.36. The zero-order valence-corrected chi connectivity index (χ0v) is 17.4. The molecule has 1 heterocycles. The molecule has 0 radical (unpaired) electrons. The van der Waals surface area contributed by atoms with Gasteiger partial charge in [-0.3, -0.25) is 4.79 Å². The quantitative estimate of drug-likeness (QED) is 0.540. The van der Waals surface area contributed by atoms with E-state index in [4.69, 9.17) is 4.74 Å². The number of ether oxygens (including phenoxy) is 1. The number of benzene rings is 3. The van der Waals surface area contributed by atoms with Crippen LogP contribution < -0.4 is 15.4 Å². The third-order valence-electron chi connectivity index (χ3n) is 4.90. The van der Waals surface area contributed by atoms with Gasteiger partial charge in [0.15, 0.2) is 5.50 Å². The number of nitrogens with one attached hydrogen (secondary N) is 2. The van der Waals surface area contributed by atoms with Crippen LogP contribution in [0.1, 0.15) is 25.0 Å². The fraction of sp³-hybridized carbons (Fsp3) is 0.208. The SMILES string of the molecule is CCOc1ccc2ccccc2c1/C=C1\S[C@@H](Nc2ccc(CC)cc2)NC1=O. The van der Waals surface area contributed by atoms with E-state index in [1.165, 1.54) is 17.3 Å². The second kappa shape index (κ2) is 8.62. The van der Waals surface area contributed by atoms with Crippen molar-refractivity contribution < 1.29 is 9.53 Å². The Kier molecular flexibility index (Phi) is 5.76. The number of thioether (sulfide) groups is 1. The molecule has 0 spiro atoms. The van der Waals surface area contributed by atoms with Gasteiger partial charge in [0, 0.05) is 11.3 Å². The summed E-state index contributed by atoms with van der Waals surface area (Å²) in [6, 6.07) is 20.5. The van der Waals surface area contributed by atoms with E-state index in [0.717, 1.165) is 34.2 Å². The summed E-state index contributed by atoms with van der Waals surface area (Å²) in [5, 5.41) is 8.58. The van der Waals surface area contributed by atoms with Gasteiger partial charge in [-0.2, -0.15) is 0 Å². The van der Waals surface area contributed by atoms with Crippen LogP contribution in [0.2, 0.25) is 0 Å². The molecule has 3 aromatic rings. The van der Waals surface area contributed by atoms with Crippen LogP contribution in [0.25, 0.3) is 16.8 Å². The first-order valence-corrected chi connectivity index (χ1v) is 10.7. The zero-order chi connectivity index (χ0) is 20.2. The third-order valence-corrected chi connectivity index (χ3v) is 5.93. The zero-order valence-electron chi connectivity index (χ0n) is 16.6. The van der Waals surface area contributed by atoms with Crippen LogP contribution in [0.4, 0.5) is 5.69 Å². The molecular formula is C24H24N2O2S. The van der Waals surface area contributed by atoms with E-state index in [0.29, 0.717) is 11.5 Å². The summed E-state index contributed by atoms with van der Waals surface area (Å²) in [7, 11) is 0. The van der Waals surface area contributed by atoms with Crippen LogP contribution >= 0.6 is 11.8 Å². The van der Waals surface area contributed by atoms with E-state index in [9.17, 15) is 4.79 Å². The topological polar surface area (TPSA) is 50.4 Å². The Labute approximate surface area is 175 Å². The highest BCUT2D eigenvalue weighted by molar-refractivity contribution is 8.05. The standard InChI is InChI=1S/C24H24N2O2S/c1-3-16-9-12-18(13-10-16)25-24-26-23(27)22(29-24)15-20-19-8-6-5-7-17(19)11-14-21(20)28-4-2/h5-15,24-25H,3-4H2,1-2H3,(H,26,27)/b22-15-/t24-/m0/s1. The van der Waals surface area contributed by atoms with Crippen LogP contribution in [0.5, 0.6) is 5.75 Å². The van der Waals surface area contributed by atoms with Gasteiger partial charge >= 0.3 is 0 Å². The van der Waals surface area contributed by atoms with Gasteiger partial charge < -0.3 is 15.4 Å². The summed E-state index contributed by atoms with van der Waals surface area (Å²) in [4.78, 5) is 13.3. The van der Waals surface area contributed by atoms with Gasteiger partial charge in [-0.15, -0.1) is 0 Å². The number of carbonyl (C=O) groups is 1. The van der Waals surface area contributed by atoms with E-state index in [2.05, 4.69) is 47.9 Å². The second-order valence-electron chi connectivity index (χ2n) is 6.81. The maximum absolute atomic E-state index is 12.6. The van der Waals surface area contributed by atoms with Gasteiger partial charge in [-0.25, -0.2) is 0 Å². The van der Waals surface area contributed by atoms with E-state index in [1.807, 2.05) is 43.3 Å². The summed E-state index contributed by atoms with van der Waals surface area (Å²) in [5.41, 5.74) is 3.02. The molecule has 0 aliphatic carbocycles. The predicted molar refractivity (Wildman–Crippen MR) is 122 cm³/mol. The molecule has 4 nitrogen and oxygen atoms in total. The summed E-state index contributed by atoms with van der Waals surface area (Å²) in [5.74, 6) is 0.715. The Bertz CT molecular complexity index is 1060. The van der Waals surface area contributed by atoms with Gasteiger partial charge in [0.25, 0.3) is 5.91 Å². The van der Waals surface area contributed by atoms with E-state index in [-0.39, 0.29) is 11.4 Å².